The van der Waals surface area contributed by atoms with Gasteiger partial charge in [0.25, 0.3) is 10.0 Å². The van der Waals surface area contributed by atoms with E-state index in [0.717, 1.165) is 9.80 Å². The summed E-state index contributed by atoms with van der Waals surface area (Å²) in [5, 5.41) is 20.2. The Morgan fingerprint density at radius 3 is 1.64 bits per heavy atom. The van der Waals surface area contributed by atoms with Crippen LogP contribution in [0.3, 0.4) is 0 Å². The maximum Gasteiger partial charge on any atom is 0.331 e. The Bertz CT molecular complexity index is 3040. The Kier molecular flexibility index (Phi) is 34.2. The molecule has 5 N–H and O–H groups in total. The number of hydrogen-bond acceptors (Lipinski definition) is 15. The van der Waals surface area contributed by atoms with Crippen molar-refractivity contribution in [3.05, 3.63) is 42.5 Å². The van der Waals surface area contributed by atoms with Crippen LogP contribution in [0, 0.1) is 64.6 Å². The second-order valence-electron chi connectivity index (χ2n) is 29.9. The molecule has 1 heterocycles. The van der Waals surface area contributed by atoms with Gasteiger partial charge < -0.3 is 45.6 Å². The number of amides is 9. The number of nitrogens with one attached hydrogen (secondary N) is 4. The lowest BCUT2D eigenvalue weighted by atomic mass is 9.76. The van der Waals surface area contributed by atoms with Crippen molar-refractivity contribution in [1.82, 2.24) is 45.2 Å². The lowest BCUT2D eigenvalue weighted by Crippen LogP contribution is -2.61. The van der Waals surface area contributed by atoms with Crippen LogP contribution in [-0.4, -0.2) is 199 Å². The van der Waals surface area contributed by atoms with E-state index < -0.39 is 189 Å². The molecule has 0 unspecified atom stereocenters. The average Bonchev–Trinajstić information content (AvgIpc) is 0.805. The topological polar surface area (TPSA) is 324 Å². The van der Waals surface area contributed by atoms with E-state index in [0.29, 0.717) is 0 Å². The minimum Gasteiger partial charge on any atom is -0.390 e. The highest BCUT2D eigenvalue weighted by Crippen LogP contribution is 2.33. The zero-order chi connectivity index (χ0) is 74.6. The zero-order valence-electron chi connectivity index (χ0n) is 62.3. The van der Waals surface area contributed by atoms with Crippen molar-refractivity contribution in [2.75, 3.05) is 41.8 Å². The van der Waals surface area contributed by atoms with Crippen molar-refractivity contribution in [3.63, 3.8) is 0 Å². The lowest BCUT2D eigenvalue weighted by molar-refractivity contribution is -0.149. The number of aliphatic hydroxyl groups excluding tert-OH is 1. The quantitative estimate of drug-likeness (QED) is 0.0924. The molecule has 1 aliphatic rings. The molecular formula is C72H119N9O15S. The molecular weight excluding hydrogens is 1260 g/mol. The molecule has 13 atom stereocenters. The summed E-state index contributed by atoms with van der Waals surface area (Å²) < 4.78 is 28.8. The molecule has 0 aromatic heterocycles. The molecule has 97 heavy (non-hydrogen) atoms. The SMILES string of the molecule is C/C=C/C[C@@H](C)[C@@H](O)[C@@H]1NC(=O)[C@H](C(C)C)N(C)C(=O)[C@H](CC(C)C)CC(=O)[C@H](CC(C)C)N(C)C(=O)[C@@H](C)NC(=O)[C@H](C)CC(=O)[C@H](CC(C)C)N(C)C(=O)[C@H](C(C)C)CC(=O)[C@H](C(C)(C)CN(C)C(=O)NS(=O)(=O)c2ccccc2)N(C)C(=O)[C@@H](C)CC(=O)[C@H](CC)NC1=O. The number of rotatable bonds is 18. The Morgan fingerprint density at radius 1 is 0.629 bits per heavy atom. The van der Waals surface area contributed by atoms with E-state index in [2.05, 4.69) is 16.0 Å². The van der Waals surface area contributed by atoms with Gasteiger partial charge in [0, 0.05) is 96.6 Å². The van der Waals surface area contributed by atoms with E-state index in [1.54, 1.807) is 80.5 Å². The van der Waals surface area contributed by atoms with E-state index in [-0.39, 0.29) is 74.1 Å². The Hall–Kier alpha value is -6.89. The number of carbonyl (C=O) groups is 12. The van der Waals surface area contributed by atoms with E-state index in [9.17, 15) is 56.7 Å². The van der Waals surface area contributed by atoms with Crippen molar-refractivity contribution in [2.24, 2.45) is 64.6 Å². The number of hydrogen-bond donors (Lipinski definition) is 5. The molecule has 1 aliphatic heterocycles. The van der Waals surface area contributed by atoms with Crippen molar-refractivity contribution in [1.29, 1.82) is 0 Å². The monoisotopic (exact) mass is 1380 g/mol. The largest absolute Gasteiger partial charge is 0.390 e. The molecule has 0 radical (unpaired) electrons. The molecule has 1 aromatic carbocycles. The lowest BCUT2D eigenvalue weighted by Gasteiger charge is -2.43. The Balaban J connectivity index is 3.03. The van der Waals surface area contributed by atoms with Gasteiger partial charge in [0.15, 0.2) is 23.1 Å². The number of sulfonamides is 1. The fraction of sp³-hybridized carbons (Fsp3) is 0.722. The molecule has 24 nitrogen and oxygen atoms in total. The molecule has 548 valence electrons. The van der Waals surface area contributed by atoms with Crippen LogP contribution in [0.1, 0.15) is 182 Å². The van der Waals surface area contributed by atoms with Crippen LogP contribution < -0.4 is 20.7 Å². The fourth-order valence-corrected chi connectivity index (χ4v) is 14.1. The van der Waals surface area contributed by atoms with E-state index in [1.807, 2.05) is 46.3 Å². The van der Waals surface area contributed by atoms with Crippen LogP contribution in [0.4, 0.5) is 4.79 Å². The molecule has 1 aromatic rings. The summed E-state index contributed by atoms with van der Waals surface area (Å²) in [4.78, 5) is 182. The van der Waals surface area contributed by atoms with E-state index in [1.165, 1.54) is 95.0 Å². The molecule has 0 bridgehead atoms. The molecule has 25 heteroatoms. The first-order chi connectivity index (χ1) is 44.8. The number of carbonyl (C=O) groups excluding carboxylic acids is 12. The highest BCUT2D eigenvalue weighted by molar-refractivity contribution is 7.90. The minimum absolute atomic E-state index is 0.0196. The van der Waals surface area contributed by atoms with Crippen LogP contribution in [0.5, 0.6) is 0 Å². The molecule has 2 rings (SSSR count). The number of allylic oxidation sites excluding steroid dienone is 2. The van der Waals surface area contributed by atoms with Crippen LogP contribution in [0.25, 0.3) is 0 Å². The molecule has 1 fully saturated rings. The van der Waals surface area contributed by atoms with Crippen LogP contribution in [0.15, 0.2) is 47.4 Å². The summed E-state index contributed by atoms with van der Waals surface area (Å²) >= 11 is 0. The molecule has 0 aliphatic carbocycles. The second-order valence-corrected chi connectivity index (χ2v) is 31.5. The van der Waals surface area contributed by atoms with Crippen LogP contribution in [-0.2, 0) is 62.8 Å². The van der Waals surface area contributed by atoms with Crippen molar-refractivity contribution < 1.29 is 71.1 Å². The average molecular weight is 1380 g/mol. The van der Waals surface area contributed by atoms with Gasteiger partial charge in [0.1, 0.15) is 18.1 Å². The number of likely N-dealkylation sites (N-methyl/N-ethyl adjacent to an activating group) is 4. The number of aliphatic hydroxyl groups is 1. The summed E-state index contributed by atoms with van der Waals surface area (Å²) in [5.74, 6) is -13.7. The number of Topliss-reactive ketones (excluding diaryl/α,β-unsaturated/α-hetero) is 4. The predicted molar refractivity (Wildman–Crippen MR) is 373 cm³/mol. The summed E-state index contributed by atoms with van der Waals surface area (Å²) in [6.45, 7) is 30.4. The summed E-state index contributed by atoms with van der Waals surface area (Å²) in [6, 6.07) is -3.01. The van der Waals surface area contributed by atoms with Crippen molar-refractivity contribution in [2.45, 2.75) is 236 Å². The predicted octanol–water partition coefficient (Wildman–Crippen LogP) is 7.00. The normalized spacial score (nSPS) is 25.9. The molecule has 1 saturated heterocycles. The van der Waals surface area contributed by atoms with E-state index in [4.69, 9.17) is 0 Å². The first kappa shape index (κ1) is 86.2. The van der Waals surface area contributed by atoms with Crippen molar-refractivity contribution in [3.8, 4) is 0 Å². The highest BCUT2D eigenvalue weighted by atomic mass is 32.2. The number of ketones is 4. The smallest absolute Gasteiger partial charge is 0.331 e. The van der Waals surface area contributed by atoms with Crippen molar-refractivity contribution >= 4 is 80.5 Å². The first-order valence-electron chi connectivity index (χ1n) is 34.5. The van der Waals surface area contributed by atoms with Gasteiger partial charge in [-0.1, -0.05) is 141 Å². The first-order valence-corrected chi connectivity index (χ1v) is 36.0. The van der Waals surface area contributed by atoms with Gasteiger partial charge >= 0.3 is 6.03 Å². The maximum atomic E-state index is 15.4. The van der Waals surface area contributed by atoms with Gasteiger partial charge in [-0.3, -0.25) is 52.7 Å². The third-order valence-electron chi connectivity index (χ3n) is 18.5. The number of urea groups is 1. The van der Waals surface area contributed by atoms with E-state index >= 15 is 14.4 Å². The third-order valence-corrected chi connectivity index (χ3v) is 19.9. The summed E-state index contributed by atoms with van der Waals surface area (Å²) in [7, 11) is 2.58. The maximum absolute atomic E-state index is 15.4. The second kappa shape index (κ2) is 38.5. The standard InChI is InChI=1S/C72H119N9O15S/c1-24-26-30-46(13)62(86)60-65(88)74-53(25-2)56(82)37-48(15)67(90)81(23)63(72(17,18)40-77(19)71(94)76-97(95,96)51-31-28-27-29-32-51)59(85)39-52(44(9)10)70(93)79(21)54(34-42(5)6)57(83)36-47(14)64(87)73-49(16)68(91)78(20)55(35-43(7)8)58(84)38-50(33-41(3)4)69(92)80(22)61(45(11)12)66(89)75-60/h24,26-29,31-32,41-50,52-55,60-63,86H,25,30,33-40H2,1-23H3,(H,73,87)(H,74,88)(H,75,89)(H,76,94)/b26-24+/t46-,47-,48+,49-,50-,52+,53+,54+,55+,60+,61+,62-,63-/m1/s1. The summed E-state index contributed by atoms with van der Waals surface area (Å²) in [6.07, 6.45) is 1.08. The molecule has 9 amide bonds. The van der Waals surface area contributed by atoms with Gasteiger partial charge in [-0.15, -0.1) is 0 Å². The van der Waals surface area contributed by atoms with Crippen LogP contribution >= 0.6 is 0 Å². The number of benzene rings is 1. The van der Waals surface area contributed by atoms with Gasteiger partial charge in [-0.2, -0.15) is 0 Å². The summed E-state index contributed by atoms with van der Waals surface area (Å²) in [5.41, 5.74) is -1.45. The third kappa shape index (κ3) is 24.8. The Morgan fingerprint density at radius 2 is 1.14 bits per heavy atom. The molecule has 0 spiro atoms. The highest BCUT2D eigenvalue weighted by Gasteiger charge is 2.47. The van der Waals surface area contributed by atoms with Gasteiger partial charge in [-0.25, -0.2) is 17.9 Å². The van der Waals surface area contributed by atoms with Crippen LogP contribution in [0.2, 0.25) is 0 Å². The zero-order valence-corrected chi connectivity index (χ0v) is 63.1. The van der Waals surface area contributed by atoms with Gasteiger partial charge in [-0.05, 0) is 93.6 Å². The number of nitrogens with zero attached hydrogens (tertiary/aromatic N) is 5. The van der Waals surface area contributed by atoms with Gasteiger partial charge in [0.2, 0.25) is 41.4 Å². The van der Waals surface area contributed by atoms with Gasteiger partial charge in [0.05, 0.1) is 35.2 Å². The fourth-order valence-electron chi connectivity index (χ4n) is 13.1. The molecule has 0 saturated carbocycles. The Labute approximate surface area is 578 Å². The minimum atomic E-state index is -4.39.